The Kier molecular flexibility index (Phi) is 7.22. The Balaban J connectivity index is 0.00000225. The molecule has 6 heteroatoms. The molecule has 2 atom stereocenters. The zero-order chi connectivity index (χ0) is 11.3. The van der Waals surface area contributed by atoms with Crippen LogP contribution in [0, 0.1) is 0 Å². The number of nitrogens with one attached hydrogen (secondary N) is 2. The quantitative estimate of drug-likeness (QED) is 0.733. The van der Waals surface area contributed by atoms with E-state index in [1.54, 1.807) is 6.08 Å². The molecule has 1 aliphatic rings. The minimum Gasteiger partial charge on any atom is -0.313 e. The molecule has 0 aromatic heterocycles. The summed E-state index contributed by atoms with van der Waals surface area (Å²) in [6.07, 6.45) is 4.08. The molecule has 0 radical (unpaired) electrons. The summed E-state index contributed by atoms with van der Waals surface area (Å²) in [5, 5.41) is 3.26. The second-order valence-electron chi connectivity index (χ2n) is 4.01. The largest absolute Gasteiger partial charge is 0.313 e. The summed E-state index contributed by atoms with van der Waals surface area (Å²) in [5.74, 6) is 0.139. The van der Waals surface area contributed by atoms with Gasteiger partial charge in [-0.25, -0.2) is 13.1 Å². The number of halogens is 1. The van der Waals surface area contributed by atoms with Crippen LogP contribution in [0.2, 0.25) is 0 Å². The molecule has 0 spiro atoms. The van der Waals surface area contributed by atoms with E-state index in [0.717, 1.165) is 19.4 Å². The fourth-order valence-electron chi connectivity index (χ4n) is 1.73. The molecule has 1 fully saturated rings. The predicted molar refractivity (Wildman–Crippen MR) is 69.5 cm³/mol. The highest BCUT2D eigenvalue weighted by Crippen LogP contribution is 2.09. The van der Waals surface area contributed by atoms with Gasteiger partial charge in [-0.1, -0.05) is 6.08 Å². The van der Waals surface area contributed by atoms with E-state index in [1.165, 1.54) is 0 Å². The highest BCUT2D eigenvalue weighted by Gasteiger charge is 2.24. The highest BCUT2D eigenvalue weighted by atomic mass is 35.5. The minimum absolute atomic E-state index is 0. The lowest BCUT2D eigenvalue weighted by molar-refractivity contribution is 0.349. The predicted octanol–water partition coefficient (Wildman–Crippen LogP) is 1.04. The van der Waals surface area contributed by atoms with Crippen LogP contribution in [-0.4, -0.2) is 32.8 Å². The van der Waals surface area contributed by atoms with Gasteiger partial charge in [0, 0.05) is 12.1 Å². The molecule has 1 saturated heterocycles. The maximum absolute atomic E-state index is 11.6. The number of piperidine rings is 1. The van der Waals surface area contributed by atoms with Crippen LogP contribution in [0.3, 0.4) is 0 Å². The van der Waals surface area contributed by atoms with E-state index in [2.05, 4.69) is 16.6 Å². The Morgan fingerprint density at radius 2 is 2.25 bits per heavy atom. The first-order valence-electron chi connectivity index (χ1n) is 5.39. The lowest BCUT2D eigenvalue weighted by Gasteiger charge is -2.30. The third-order valence-electron chi connectivity index (χ3n) is 2.68. The Hall–Kier alpha value is -0.100. The molecule has 0 aromatic carbocycles. The second-order valence-corrected chi connectivity index (χ2v) is 5.88. The van der Waals surface area contributed by atoms with E-state index < -0.39 is 10.0 Å². The topological polar surface area (TPSA) is 58.2 Å². The molecule has 0 saturated carbocycles. The lowest BCUT2D eigenvalue weighted by Crippen LogP contribution is -2.52. The van der Waals surface area contributed by atoms with Crippen LogP contribution in [0.5, 0.6) is 0 Å². The molecule has 0 aliphatic carbocycles. The van der Waals surface area contributed by atoms with Gasteiger partial charge in [0.2, 0.25) is 10.0 Å². The van der Waals surface area contributed by atoms with E-state index in [-0.39, 0.29) is 30.2 Å². The molecule has 4 nitrogen and oxygen atoms in total. The molecule has 16 heavy (non-hydrogen) atoms. The Bertz CT molecular complexity index is 306. The maximum atomic E-state index is 11.6. The monoisotopic (exact) mass is 268 g/mol. The number of hydrogen-bond donors (Lipinski definition) is 2. The summed E-state index contributed by atoms with van der Waals surface area (Å²) in [6, 6.07) is 0.255. The average Bonchev–Trinajstić information content (AvgIpc) is 2.18. The molecular weight excluding hydrogens is 248 g/mol. The Morgan fingerprint density at radius 1 is 1.56 bits per heavy atom. The molecule has 1 rings (SSSR count). The van der Waals surface area contributed by atoms with Crippen LogP contribution in [0.15, 0.2) is 12.7 Å². The minimum atomic E-state index is -3.14. The van der Waals surface area contributed by atoms with E-state index in [4.69, 9.17) is 0 Å². The van der Waals surface area contributed by atoms with Crippen LogP contribution in [0.4, 0.5) is 0 Å². The standard InChI is InChI=1S/C10H20N2O2S.ClH/c1-3-4-8-15(13,14)12-10-6-5-7-11-9(10)2;/h3,9-12H,1,4-8H2,2H3;1H. The van der Waals surface area contributed by atoms with Crippen molar-refractivity contribution < 1.29 is 8.42 Å². The van der Waals surface area contributed by atoms with E-state index >= 15 is 0 Å². The SMILES string of the molecule is C=CCCS(=O)(=O)NC1CCCNC1C.Cl. The first-order valence-corrected chi connectivity index (χ1v) is 7.04. The Morgan fingerprint density at radius 3 is 2.81 bits per heavy atom. The summed E-state index contributed by atoms with van der Waals surface area (Å²) in [5.41, 5.74) is 0. The molecule has 1 heterocycles. The van der Waals surface area contributed by atoms with Crippen molar-refractivity contribution in [3.05, 3.63) is 12.7 Å². The fourth-order valence-corrected chi connectivity index (χ4v) is 3.11. The molecular formula is C10H21ClN2O2S. The summed E-state index contributed by atoms with van der Waals surface area (Å²) in [7, 11) is -3.14. The number of sulfonamides is 1. The molecule has 1 aliphatic heterocycles. The molecule has 96 valence electrons. The highest BCUT2D eigenvalue weighted by molar-refractivity contribution is 7.89. The molecule has 0 aromatic rings. The zero-order valence-electron chi connectivity index (χ0n) is 9.61. The van der Waals surface area contributed by atoms with Crippen molar-refractivity contribution in [1.82, 2.24) is 10.0 Å². The van der Waals surface area contributed by atoms with Gasteiger partial charge >= 0.3 is 0 Å². The van der Waals surface area contributed by atoms with Gasteiger partial charge in [-0.2, -0.15) is 0 Å². The van der Waals surface area contributed by atoms with E-state index in [1.807, 2.05) is 6.92 Å². The first-order chi connectivity index (χ1) is 7.05. The summed E-state index contributed by atoms with van der Waals surface area (Å²) in [4.78, 5) is 0. The van der Waals surface area contributed by atoms with Crippen molar-refractivity contribution >= 4 is 22.4 Å². The summed E-state index contributed by atoms with van der Waals surface area (Å²) < 4.78 is 26.0. The van der Waals surface area contributed by atoms with Crippen molar-refractivity contribution in [3.8, 4) is 0 Å². The smallest absolute Gasteiger partial charge is 0.212 e. The zero-order valence-corrected chi connectivity index (χ0v) is 11.2. The molecule has 2 unspecified atom stereocenters. The van der Waals surface area contributed by atoms with Crippen LogP contribution in [-0.2, 0) is 10.0 Å². The van der Waals surface area contributed by atoms with Crippen LogP contribution >= 0.6 is 12.4 Å². The number of hydrogen-bond acceptors (Lipinski definition) is 3. The fraction of sp³-hybridized carbons (Fsp3) is 0.800. The third kappa shape index (κ3) is 5.30. The van der Waals surface area contributed by atoms with Crippen molar-refractivity contribution in [3.63, 3.8) is 0 Å². The van der Waals surface area contributed by atoms with Crippen molar-refractivity contribution in [2.75, 3.05) is 12.3 Å². The first kappa shape index (κ1) is 15.9. The van der Waals surface area contributed by atoms with Crippen LogP contribution in [0.1, 0.15) is 26.2 Å². The van der Waals surface area contributed by atoms with E-state index in [9.17, 15) is 8.42 Å². The van der Waals surface area contributed by atoms with Gasteiger partial charge < -0.3 is 5.32 Å². The van der Waals surface area contributed by atoms with E-state index in [0.29, 0.717) is 6.42 Å². The van der Waals surface area contributed by atoms with Gasteiger partial charge in [0.1, 0.15) is 0 Å². The maximum Gasteiger partial charge on any atom is 0.212 e. The van der Waals surface area contributed by atoms with Gasteiger partial charge in [0.25, 0.3) is 0 Å². The van der Waals surface area contributed by atoms with Crippen molar-refractivity contribution in [2.45, 2.75) is 38.3 Å². The lowest BCUT2D eigenvalue weighted by atomic mass is 10.0. The van der Waals surface area contributed by atoms with Gasteiger partial charge in [-0.15, -0.1) is 19.0 Å². The van der Waals surface area contributed by atoms with Crippen molar-refractivity contribution in [2.24, 2.45) is 0 Å². The molecule has 0 amide bonds. The van der Waals surface area contributed by atoms with Gasteiger partial charge in [-0.05, 0) is 32.7 Å². The second kappa shape index (κ2) is 7.27. The van der Waals surface area contributed by atoms with Crippen LogP contribution < -0.4 is 10.0 Å². The van der Waals surface area contributed by atoms with Gasteiger partial charge in [-0.3, -0.25) is 0 Å². The average molecular weight is 269 g/mol. The molecule has 0 bridgehead atoms. The summed E-state index contributed by atoms with van der Waals surface area (Å²) >= 11 is 0. The third-order valence-corrected chi connectivity index (χ3v) is 4.12. The van der Waals surface area contributed by atoms with Gasteiger partial charge in [0.05, 0.1) is 5.75 Å². The number of allylic oxidation sites excluding steroid dienone is 1. The number of rotatable bonds is 5. The van der Waals surface area contributed by atoms with Crippen LogP contribution in [0.25, 0.3) is 0 Å². The van der Waals surface area contributed by atoms with Gasteiger partial charge in [0.15, 0.2) is 0 Å². The molecule has 2 N–H and O–H groups in total. The summed E-state index contributed by atoms with van der Waals surface area (Å²) in [6.45, 7) is 6.51. The van der Waals surface area contributed by atoms with Crippen molar-refractivity contribution in [1.29, 1.82) is 0 Å². The Labute approximate surface area is 104 Å². The normalized spacial score (nSPS) is 25.8.